The van der Waals surface area contributed by atoms with E-state index >= 15 is 0 Å². The minimum Gasteiger partial charge on any atom is -0.434 e. The molecule has 4 heteroatoms. The van der Waals surface area contributed by atoms with Crippen LogP contribution < -0.4 is 0 Å². The van der Waals surface area contributed by atoms with Crippen molar-refractivity contribution in [1.82, 2.24) is 0 Å². The molecule has 0 aromatic carbocycles. The van der Waals surface area contributed by atoms with Crippen molar-refractivity contribution in [2.75, 3.05) is 19.8 Å². The predicted molar refractivity (Wildman–Crippen MR) is 57.8 cm³/mol. The summed E-state index contributed by atoms with van der Waals surface area (Å²) < 4.78 is 14.9. The summed E-state index contributed by atoms with van der Waals surface area (Å²) in [6.45, 7) is 10.4. The fourth-order valence-corrected chi connectivity index (χ4v) is 1.01. The highest BCUT2D eigenvalue weighted by Crippen LogP contribution is 2.13. The fourth-order valence-electron chi connectivity index (χ4n) is 1.01. The zero-order valence-corrected chi connectivity index (χ0v) is 9.75. The Morgan fingerprint density at radius 1 is 1.40 bits per heavy atom. The van der Waals surface area contributed by atoms with Crippen LogP contribution in [-0.4, -0.2) is 31.6 Å². The molecule has 4 nitrogen and oxygen atoms in total. The Kier molecular flexibility index (Phi) is 6.79. The van der Waals surface area contributed by atoms with Crippen LogP contribution in [-0.2, 0) is 14.2 Å². The van der Waals surface area contributed by atoms with Crippen molar-refractivity contribution in [1.29, 1.82) is 0 Å². The first kappa shape index (κ1) is 14.0. The Morgan fingerprint density at radius 2 is 2.07 bits per heavy atom. The van der Waals surface area contributed by atoms with E-state index in [9.17, 15) is 4.79 Å². The quantitative estimate of drug-likeness (QED) is 0.484. The van der Waals surface area contributed by atoms with E-state index in [0.29, 0.717) is 19.6 Å². The Hall–Kier alpha value is -1.03. The molecule has 0 saturated carbocycles. The van der Waals surface area contributed by atoms with Crippen molar-refractivity contribution in [3.63, 3.8) is 0 Å². The van der Waals surface area contributed by atoms with Crippen LogP contribution in [0.1, 0.15) is 27.2 Å². The molecule has 0 amide bonds. The van der Waals surface area contributed by atoms with Gasteiger partial charge in [-0.1, -0.05) is 12.7 Å². The molecule has 0 aliphatic carbocycles. The predicted octanol–water partition coefficient (Wildman–Crippen LogP) is 2.53. The normalized spacial score (nSPS) is 10.9. The third-order valence-corrected chi connectivity index (χ3v) is 1.78. The van der Waals surface area contributed by atoms with E-state index in [1.165, 1.54) is 6.08 Å². The highest BCUT2D eigenvalue weighted by Gasteiger charge is 2.18. The van der Waals surface area contributed by atoms with E-state index in [0.717, 1.165) is 0 Å². The summed E-state index contributed by atoms with van der Waals surface area (Å²) >= 11 is 0. The van der Waals surface area contributed by atoms with E-state index in [2.05, 4.69) is 11.3 Å². The molecule has 0 heterocycles. The molecule has 0 atom stereocenters. The first-order chi connectivity index (χ1) is 7.02. The summed E-state index contributed by atoms with van der Waals surface area (Å²) in [7, 11) is 0. The largest absolute Gasteiger partial charge is 0.508 e. The summed E-state index contributed by atoms with van der Waals surface area (Å²) in [6.07, 6.45) is 1.47. The minimum absolute atomic E-state index is 0.174. The van der Waals surface area contributed by atoms with Gasteiger partial charge in [-0.15, -0.1) is 0 Å². The van der Waals surface area contributed by atoms with Crippen molar-refractivity contribution in [2.24, 2.45) is 0 Å². The van der Waals surface area contributed by atoms with E-state index in [-0.39, 0.29) is 12.2 Å². The van der Waals surface area contributed by atoms with Crippen molar-refractivity contribution >= 4 is 6.16 Å². The maximum atomic E-state index is 10.9. The Balaban J connectivity index is 3.59. The topological polar surface area (TPSA) is 44.8 Å². The van der Waals surface area contributed by atoms with Crippen LogP contribution in [0.25, 0.3) is 0 Å². The lowest BCUT2D eigenvalue weighted by Crippen LogP contribution is -2.27. The molecule has 0 saturated heterocycles. The number of hydrogen-bond donors (Lipinski definition) is 0. The van der Waals surface area contributed by atoms with Gasteiger partial charge in [0.2, 0.25) is 0 Å². The second-order valence-electron chi connectivity index (χ2n) is 3.64. The van der Waals surface area contributed by atoms with Crippen LogP contribution in [0.2, 0.25) is 0 Å². The van der Waals surface area contributed by atoms with Gasteiger partial charge in [0.05, 0.1) is 12.2 Å². The molecule has 15 heavy (non-hydrogen) atoms. The number of ether oxygens (including phenoxy) is 3. The molecular formula is C11H20O4. The fraction of sp³-hybridized carbons (Fsp3) is 0.727. The smallest absolute Gasteiger partial charge is 0.434 e. The zero-order chi connectivity index (χ0) is 11.7. The molecule has 0 aromatic rings. The first-order valence-electron chi connectivity index (χ1n) is 5.06. The van der Waals surface area contributed by atoms with E-state index in [1.54, 1.807) is 0 Å². The standard InChI is InChI=1S/C11H20O4/c1-5-8-13-10(12)14-9-7-11(3,4)15-6-2/h5H,1,6-9H2,2-4H3. The molecule has 0 unspecified atom stereocenters. The molecule has 0 aliphatic heterocycles. The molecule has 0 spiro atoms. The number of rotatable bonds is 7. The van der Waals surface area contributed by atoms with Gasteiger partial charge in [-0.3, -0.25) is 0 Å². The van der Waals surface area contributed by atoms with Gasteiger partial charge < -0.3 is 14.2 Å². The van der Waals surface area contributed by atoms with Gasteiger partial charge in [0.1, 0.15) is 6.61 Å². The maximum Gasteiger partial charge on any atom is 0.508 e. The second kappa shape index (κ2) is 7.29. The van der Waals surface area contributed by atoms with Crippen LogP contribution in [0.15, 0.2) is 12.7 Å². The lowest BCUT2D eigenvalue weighted by atomic mass is 10.1. The molecule has 0 N–H and O–H groups in total. The maximum absolute atomic E-state index is 10.9. The lowest BCUT2D eigenvalue weighted by Gasteiger charge is -2.23. The highest BCUT2D eigenvalue weighted by atomic mass is 16.7. The summed E-state index contributed by atoms with van der Waals surface area (Å²) in [4.78, 5) is 10.9. The first-order valence-corrected chi connectivity index (χ1v) is 5.06. The molecule has 0 radical (unpaired) electrons. The molecule has 0 fully saturated rings. The van der Waals surface area contributed by atoms with Crippen molar-refractivity contribution in [3.8, 4) is 0 Å². The van der Waals surface area contributed by atoms with Gasteiger partial charge >= 0.3 is 6.16 Å². The SMILES string of the molecule is C=CCOC(=O)OCCC(C)(C)OCC. The third-order valence-electron chi connectivity index (χ3n) is 1.78. The van der Waals surface area contributed by atoms with Crippen LogP contribution in [0, 0.1) is 0 Å². The van der Waals surface area contributed by atoms with Crippen molar-refractivity contribution in [3.05, 3.63) is 12.7 Å². The summed E-state index contributed by atoms with van der Waals surface area (Å²) in [5.74, 6) is 0. The van der Waals surface area contributed by atoms with Crippen molar-refractivity contribution < 1.29 is 19.0 Å². The third kappa shape index (κ3) is 8.00. The van der Waals surface area contributed by atoms with Crippen LogP contribution >= 0.6 is 0 Å². The van der Waals surface area contributed by atoms with Gasteiger partial charge in [0.25, 0.3) is 0 Å². The number of carbonyl (C=O) groups is 1. The van der Waals surface area contributed by atoms with E-state index in [1.807, 2.05) is 20.8 Å². The highest BCUT2D eigenvalue weighted by molar-refractivity contribution is 5.59. The average molecular weight is 216 g/mol. The van der Waals surface area contributed by atoms with Crippen molar-refractivity contribution in [2.45, 2.75) is 32.8 Å². The Bertz CT molecular complexity index is 199. The molecule has 0 bridgehead atoms. The average Bonchev–Trinajstić information content (AvgIpc) is 2.14. The van der Waals surface area contributed by atoms with Gasteiger partial charge in [0.15, 0.2) is 0 Å². The molecule has 0 rings (SSSR count). The molecule has 88 valence electrons. The van der Waals surface area contributed by atoms with E-state index in [4.69, 9.17) is 9.47 Å². The Morgan fingerprint density at radius 3 is 2.60 bits per heavy atom. The van der Waals surface area contributed by atoms with Crippen LogP contribution in [0.3, 0.4) is 0 Å². The number of hydrogen-bond acceptors (Lipinski definition) is 4. The Labute approximate surface area is 91.2 Å². The van der Waals surface area contributed by atoms with Gasteiger partial charge in [-0.2, -0.15) is 0 Å². The second-order valence-corrected chi connectivity index (χ2v) is 3.64. The molecule has 0 aliphatic rings. The van der Waals surface area contributed by atoms with Gasteiger partial charge in [-0.25, -0.2) is 4.79 Å². The number of carbonyl (C=O) groups excluding carboxylic acids is 1. The van der Waals surface area contributed by atoms with Gasteiger partial charge in [0, 0.05) is 13.0 Å². The summed E-state index contributed by atoms with van der Waals surface area (Å²) in [5.41, 5.74) is -0.270. The zero-order valence-electron chi connectivity index (χ0n) is 9.75. The van der Waals surface area contributed by atoms with Gasteiger partial charge in [-0.05, 0) is 20.8 Å². The minimum atomic E-state index is -0.665. The lowest BCUT2D eigenvalue weighted by molar-refractivity contribution is -0.0325. The molecular weight excluding hydrogens is 196 g/mol. The van der Waals surface area contributed by atoms with Crippen LogP contribution in [0.4, 0.5) is 4.79 Å². The molecule has 0 aromatic heterocycles. The monoisotopic (exact) mass is 216 g/mol. The summed E-state index contributed by atoms with van der Waals surface area (Å²) in [6, 6.07) is 0. The summed E-state index contributed by atoms with van der Waals surface area (Å²) in [5, 5.41) is 0. The van der Waals surface area contributed by atoms with Crippen LogP contribution in [0.5, 0.6) is 0 Å². The van der Waals surface area contributed by atoms with E-state index < -0.39 is 6.16 Å².